The van der Waals surface area contributed by atoms with E-state index in [2.05, 4.69) is 11.3 Å². The van der Waals surface area contributed by atoms with Gasteiger partial charge < -0.3 is 10.5 Å². The van der Waals surface area contributed by atoms with Crippen LogP contribution in [0.4, 0.5) is 5.69 Å². The summed E-state index contributed by atoms with van der Waals surface area (Å²) in [5.41, 5.74) is 7.23. The number of hydrogen-bond acceptors (Lipinski definition) is 3. The van der Waals surface area contributed by atoms with Crippen molar-refractivity contribution in [3.05, 3.63) is 35.9 Å². The Morgan fingerprint density at radius 3 is 2.85 bits per heavy atom. The molecule has 0 aliphatic carbocycles. The number of nitrogens with two attached hydrogens (primary N) is 1. The Labute approximate surface area is 76.8 Å². The zero-order chi connectivity index (χ0) is 9.84. The molecule has 0 unspecified atom stereocenters. The van der Waals surface area contributed by atoms with Crippen LogP contribution in [0.2, 0.25) is 0 Å². The first-order chi connectivity index (χ1) is 6.20. The molecule has 0 fully saturated rings. The highest BCUT2D eigenvalue weighted by molar-refractivity contribution is 5.95. The monoisotopic (exact) mass is 177 g/mol. The van der Waals surface area contributed by atoms with Crippen LogP contribution in [0.15, 0.2) is 24.8 Å². The Kier molecular flexibility index (Phi) is 2.69. The summed E-state index contributed by atoms with van der Waals surface area (Å²) in [6, 6.07) is 5.07. The average Bonchev–Trinajstić information content (AvgIpc) is 2.16. The van der Waals surface area contributed by atoms with Crippen molar-refractivity contribution in [1.29, 1.82) is 0 Å². The SMILES string of the molecule is C=Cc1c(N)cccc1C(=O)OC. The minimum absolute atomic E-state index is 0.401. The van der Waals surface area contributed by atoms with Crippen LogP contribution < -0.4 is 5.73 Å². The molecule has 1 aromatic carbocycles. The van der Waals surface area contributed by atoms with Gasteiger partial charge >= 0.3 is 5.97 Å². The topological polar surface area (TPSA) is 52.3 Å². The van der Waals surface area contributed by atoms with Crippen molar-refractivity contribution in [2.45, 2.75) is 0 Å². The molecule has 0 amide bonds. The molecule has 0 aliphatic heterocycles. The highest BCUT2D eigenvalue weighted by atomic mass is 16.5. The van der Waals surface area contributed by atoms with Gasteiger partial charge in [-0.25, -0.2) is 4.79 Å². The van der Waals surface area contributed by atoms with E-state index in [1.807, 2.05) is 0 Å². The van der Waals surface area contributed by atoms with Gasteiger partial charge in [0, 0.05) is 11.3 Å². The van der Waals surface area contributed by atoms with Gasteiger partial charge in [0.1, 0.15) is 0 Å². The number of esters is 1. The van der Waals surface area contributed by atoms with Gasteiger partial charge in [-0.3, -0.25) is 0 Å². The molecule has 3 heteroatoms. The first kappa shape index (κ1) is 9.32. The van der Waals surface area contributed by atoms with Gasteiger partial charge in [0.25, 0.3) is 0 Å². The first-order valence-corrected chi connectivity index (χ1v) is 3.80. The molecule has 0 aromatic heterocycles. The number of anilines is 1. The van der Waals surface area contributed by atoms with E-state index < -0.39 is 5.97 Å². The average molecular weight is 177 g/mol. The number of hydrogen-bond donors (Lipinski definition) is 1. The van der Waals surface area contributed by atoms with Crippen LogP contribution in [0.25, 0.3) is 6.08 Å². The molecule has 0 spiro atoms. The minimum atomic E-state index is -0.401. The van der Waals surface area contributed by atoms with Crippen LogP contribution in [0.3, 0.4) is 0 Å². The number of ether oxygens (including phenoxy) is 1. The standard InChI is InChI=1S/C10H11NO2/c1-3-7-8(10(12)13-2)5-4-6-9(7)11/h3-6H,1,11H2,2H3. The molecule has 13 heavy (non-hydrogen) atoms. The van der Waals surface area contributed by atoms with Crippen molar-refractivity contribution in [3.8, 4) is 0 Å². The molecule has 0 bridgehead atoms. The Morgan fingerprint density at radius 2 is 2.31 bits per heavy atom. The maximum Gasteiger partial charge on any atom is 0.338 e. The van der Waals surface area contributed by atoms with E-state index in [-0.39, 0.29) is 0 Å². The van der Waals surface area contributed by atoms with Crippen molar-refractivity contribution in [2.75, 3.05) is 12.8 Å². The lowest BCUT2D eigenvalue weighted by Crippen LogP contribution is -2.05. The van der Waals surface area contributed by atoms with Gasteiger partial charge in [-0.1, -0.05) is 18.7 Å². The van der Waals surface area contributed by atoms with Gasteiger partial charge in [0.05, 0.1) is 12.7 Å². The lowest BCUT2D eigenvalue weighted by Gasteiger charge is -2.05. The fourth-order valence-electron chi connectivity index (χ4n) is 1.10. The van der Waals surface area contributed by atoms with Crippen molar-refractivity contribution in [3.63, 3.8) is 0 Å². The Bertz CT molecular complexity index is 345. The summed E-state index contributed by atoms with van der Waals surface area (Å²) in [5.74, 6) is -0.401. The van der Waals surface area contributed by atoms with Crippen molar-refractivity contribution >= 4 is 17.7 Å². The Balaban J connectivity index is 3.28. The lowest BCUT2D eigenvalue weighted by atomic mass is 10.1. The minimum Gasteiger partial charge on any atom is -0.465 e. The number of benzene rings is 1. The molecule has 0 atom stereocenters. The number of rotatable bonds is 2. The van der Waals surface area contributed by atoms with Gasteiger partial charge in [-0.15, -0.1) is 0 Å². The predicted octanol–water partition coefficient (Wildman–Crippen LogP) is 1.70. The molecule has 1 aromatic rings. The van der Waals surface area contributed by atoms with E-state index in [1.54, 1.807) is 24.3 Å². The second kappa shape index (κ2) is 3.76. The van der Waals surface area contributed by atoms with Crippen LogP contribution >= 0.6 is 0 Å². The van der Waals surface area contributed by atoms with Crippen LogP contribution in [-0.2, 0) is 4.74 Å². The predicted molar refractivity (Wildman–Crippen MR) is 52.3 cm³/mol. The highest BCUT2D eigenvalue weighted by Crippen LogP contribution is 2.18. The normalized spacial score (nSPS) is 9.31. The van der Waals surface area contributed by atoms with Crippen molar-refractivity contribution < 1.29 is 9.53 Å². The van der Waals surface area contributed by atoms with E-state index in [0.29, 0.717) is 16.8 Å². The third kappa shape index (κ3) is 1.69. The van der Waals surface area contributed by atoms with E-state index in [1.165, 1.54) is 7.11 Å². The number of carbonyl (C=O) groups excluding carboxylic acids is 1. The van der Waals surface area contributed by atoms with E-state index in [9.17, 15) is 4.79 Å². The third-order valence-electron chi connectivity index (χ3n) is 1.75. The van der Waals surface area contributed by atoms with Crippen LogP contribution in [0.5, 0.6) is 0 Å². The summed E-state index contributed by atoms with van der Waals surface area (Å²) in [6.07, 6.45) is 1.54. The molecular weight excluding hydrogens is 166 g/mol. The zero-order valence-electron chi connectivity index (χ0n) is 7.41. The molecule has 2 N–H and O–H groups in total. The summed E-state index contributed by atoms with van der Waals surface area (Å²) in [6.45, 7) is 3.58. The summed E-state index contributed by atoms with van der Waals surface area (Å²) in [7, 11) is 1.33. The van der Waals surface area contributed by atoms with Gasteiger partial charge in [0.2, 0.25) is 0 Å². The van der Waals surface area contributed by atoms with Crippen LogP contribution in [-0.4, -0.2) is 13.1 Å². The number of methoxy groups -OCH3 is 1. The van der Waals surface area contributed by atoms with Gasteiger partial charge in [-0.05, 0) is 12.1 Å². The highest BCUT2D eigenvalue weighted by Gasteiger charge is 2.10. The molecule has 68 valence electrons. The summed E-state index contributed by atoms with van der Waals surface area (Å²) >= 11 is 0. The fourth-order valence-corrected chi connectivity index (χ4v) is 1.10. The quantitative estimate of drug-likeness (QED) is 0.552. The smallest absolute Gasteiger partial charge is 0.338 e. The summed E-state index contributed by atoms with van der Waals surface area (Å²) < 4.78 is 4.59. The molecule has 0 aliphatic rings. The van der Waals surface area contributed by atoms with Crippen molar-refractivity contribution in [1.82, 2.24) is 0 Å². The molecule has 0 saturated carbocycles. The molecule has 0 saturated heterocycles. The molecule has 1 rings (SSSR count). The van der Waals surface area contributed by atoms with Gasteiger partial charge in [0.15, 0.2) is 0 Å². The number of nitrogen functional groups attached to an aromatic ring is 1. The maximum absolute atomic E-state index is 11.2. The lowest BCUT2D eigenvalue weighted by molar-refractivity contribution is 0.0600. The van der Waals surface area contributed by atoms with Crippen LogP contribution in [0.1, 0.15) is 15.9 Å². The van der Waals surface area contributed by atoms with Gasteiger partial charge in [-0.2, -0.15) is 0 Å². The van der Waals surface area contributed by atoms with E-state index >= 15 is 0 Å². The molecule has 0 heterocycles. The second-order valence-corrected chi connectivity index (χ2v) is 2.50. The summed E-state index contributed by atoms with van der Waals surface area (Å²) in [5, 5.41) is 0. The first-order valence-electron chi connectivity index (χ1n) is 3.80. The molecular formula is C10H11NO2. The Morgan fingerprint density at radius 1 is 1.62 bits per heavy atom. The Hall–Kier alpha value is -1.77. The molecule has 3 nitrogen and oxygen atoms in total. The van der Waals surface area contributed by atoms with Crippen molar-refractivity contribution in [2.24, 2.45) is 0 Å². The fraction of sp³-hybridized carbons (Fsp3) is 0.100. The molecule has 0 radical (unpaired) electrons. The maximum atomic E-state index is 11.2. The van der Waals surface area contributed by atoms with E-state index in [0.717, 1.165) is 0 Å². The largest absolute Gasteiger partial charge is 0.465 e. The third-order valence-corrected chi connectivity index (χ3v) is 1.75. The summed E-state index contributed by atoms with van der Waals surface area (Å²) in [4.78, 5) is 11.2. The van der Waals surface area contributed by atoms with Crippen LogP contribution in [0, 0.1) is 0 Å². The second-order valence-electron chi connectivity index (χ2n) is 2.50. The van der Waals surface area contributed by atoms with E-state index in [4.69, 9.17) is 5.73 Å². The number of carbonyl (C=O) groups is 1. The zero-order valence-corrected chi connectivity index (χ0v) is 7.41.